The van der Waals surface area contributed by atoms with Crippen molar-refractivity contribution in [1.82, 2.24) is 10.3 Å². The van der Waals surface area contributed by atoms with Gasteiger partial charge in [-0.15, -0.1) is 11.3 Å². The Morgan fingerprint density at radius 1 is 1.39 bits per heavy atom. The number of hydrogen-bond donors (Lipinski definition) is 3. The van der Waals surface area contributed by atoms with Gasteiger partial charge in [-0.05, 0) is 18.2 Å². The zero-order valence-corrected chi connectivity index (χ0v) is 10.8. The fraction of sp³-hybridized carbons (Fsp3) is 0.333. The molecule has 1 amide bonds. The number of anilines is 1. The van der Waals surface area contributed by atoms with E-state index >= 15 is 0 Å². The Bertz CT molecular complexity index is 526. The first-order chi connectivity index (χ1) is 8.79. The smallest absolute Gasteiger partial charge is 0.225 e. The minimum Gasteiger partial charge on any atom is -0.329 e. The Morgan fingerprint density at radius 3 is 3.11 bits per heavy atom. The van der Waals surface area contributed by atoms with E-state index in [1.54, 1.807) is 16.8 Å². The molecule has 0 fully saturated rings. The molecule has 2 rings (SSSR count). The van der Waals surface area contributed by atoms with Crippen LogP contribution in [0, 0.1) is 0 Å². The van der Waals surface area contributed by atoms with Crippen LogP contribution in [0.1, 0.15) is 6.42 Å². The van der Waals surface area contributed by atoms with Crippen LogP contribution in [0.3, 0.4) is 0 Å². The van der Waals surface area contributed by atoms with Crippen LogP contribution in [-0.4, -0.2) is 30.5 Å². The molecular formula is C12H16N4OS. The normalized spacial score (nSPS) is 10.7. The predicted octanol–water partition coefficient (Wildman–Crippen LogP) is 1.17. The van der Waals surface area contributed by atoms with Crippen LogP contribution in [0.2, 0.25) is 0 Å². The number of carbonyl (C=O) groups is 1. The number of hydrogen-bond acceptors (Lipinski definition) is 5. The van der Waals surface area contributed by atoms with Crippen molar-refractivity contribution in [1.29, 1.82) is 0 Å². The lowest BCUT2D eigenvalue weighted by Crippen LogP contribution is -2.26. The molecule has 18 heavy (non-hydrogen) atoms. The lowest BCUT2D eigenvalue weighted by molar-refractivity contribution is -0.116. The highest BCUT2D eigenvalue weighted by Gasteiger charge is 2.03. The number of nitrogens with zero attached hydrogens (tertiary/aromatic N) is 1. The lowest BCUT2D eigenvalue weighted by Gasteiger charge is -2.05. The van der Waals surface area contributed by atoms with E-state index in [2.05, 4.69) is 15.6 Å². The zero-order valence-electron chi connectivity index (χ0n) is 9.98. The molecule has 0 bridgehead atoms. The van der Waals surface area contributed by atoms with E-state index in [0.29, 0.717) is 19.5 Å². The molecule has 1 heterocycles. The molecule has 0 spiro atoms. The van der Waals surface area contributed by atoms with Crippen LogP contribution in [0.15, 0.2) is 23.7 Å². The first kappa shape index (κ1) is 12.9. The van der Waals surface area contributed by atoms with Gasteiger partial charge in [0.05, 0.1) is 15.7 Å². The average Bonchev–Trinajstić information content (AvgIpc) is 2.82. The van der Waals surface area contributed by atoms with Crippen LogP contribution >= 0.6 is 11.3 Å². The fourth-order valence-corrected chi connectivity index (χ4v) is 2.25. The standard InChI is InChI=1S/C12H16N4OS/c13-4-6-14-5-3-12(17)16-9-1-2-11-10(7-9)15-8-18-11/h1-2,7-8,14H,3-6,13H2,(H,16,17). The van der Waals surface area contributed by atoms with E-state index in [1.165, 1.54) is 0 Å². The van der Waals surface area contributed by atoms with Gasteiger partial charge in [0.2, 0.25) is 5.91 Å². The van der Waals surface area contributed by atoms with Crippen molar-refractivity contribution < 1.29 is 4.79 Å². The number of nitrogens with two attached hydrogens (primary N) is 1. The largest absolute Gasteiger partial charge is 0.329 e. The van der Waals surface area contributed by atoms with Gasteiger partial charge in [0.15, 0.2) is 0 Å². The first-order valence-electron chi connectivity index (χ1n) is 5.83. The summed E-state index contributed by atoms with van der Waals surface area (Å²) in [5.41, 5.74) is 8.85. The number of rotatable bonds is 6. The summed E-state index contributed by atoms with van der Waals surface area (Å²) in [5.74, 6) is -0.00546. The van der Waals surface area contributed by atoms with Crippen LogP contribution in [-0.2, 0) is 4.79 Å². The third-order valence-electron chi connectivity index (χ3n) is 2.46. The molecule has 4 N–H and O–H groups in total. The summed E-state index contributed by atoms with van der Waals surface area (Å²) in [6.07, 6.45) is 0.440. The second-order valence-electron chi connectivity index (χ2n) is 3.87. The molecule has 0 aliphatic carbocycles. The number of benzene rings is 1. The molecule has 0 atom stereocenters. The second-order valence-corrected chi connectivity index (χ2v) is 4.76. The molecule has 0 saturated heterocycles. The van der Waals surface area contributed by atoms with E-state index < -0.39 is 0 Å². The van der Waals surface area contributed by atoms with Crippen LogP contribution in [0.5, 0.6) is 0 Å². The van der Waals surface area contributed by atoms with Gasteiger partial charge >= 0.3 is 0 Å². The monoisotopic (exact) mass is 264 g/mol. The van der Waals surface area contributed by atoms with Crippen molar-refractivity contribution >= 4 is 33.1 Å². The predicted molar refractivity (Wildman–Crippen MR) is 74.8 cm³/mol. The van der Waals surface area contributed by atoms with E-state index in [-0.39, 0.29) is 5.91 Å². The molecule has 5 nitrogen and oxygen atoms in total. The Kier molecular flexibility index (Phi) is 4.63. The van der Waals surface area contributed by atoms with E-state index in [1.807, 2.05) is 18.2 Å². The highest BCUT2D eigenvalue weighted by atomic mass is 32.1. The number of carbonyl (C=O) groups excluding carboxylic acids is 1. The van der Waals surface area contributed by atoms with Gasteiger partial charge in [0.1, 0.15) is 0 Å². The maximum Gasteiger partial charge on any atom is 0.225 e. The molecule has 96 valence electrons. The first-order valence-corrected chi connectivity index (χ1v) is 6.71. The summed E-state index contributed by atoms with van der Waals surface area (Å²) in [6.45, 7) is 1.96. The third kappa shape index (κ3) is 3.49. The lowest BCUT2D eigenvalue weighted by atomic mass is 10.3. The number of amides is 1. The summed E-state index contributed by atoms with van der Waals surface area (Å²) in [4.78, 5) is 15.9. The molecule has 1 aromatic heterocycles. The van der Waals surface area contributed by atoms with Gasteiger partial charge in [-0.2, -0.15) is 0 Å². The molecule has 6 heteroatoms. The van der Waals surface area contributed by atoms with Crippen LogP contribution in [0.4, 0.5) is 5.69 Å². The van der Waals surface area contributed by atoms with Crippen molar-refractivity contribution in [3.63, 3.8) is 0 Å². The quantitative estimate of drug-likeness (QED) is 0.684. The van der Waals surface area contributed by atoms with Crippen molar-refractivity contribution in [2.24, 2.45) is 5.73 Å². The number of aromatic nitrogens is 1. The molecule has 2 aromatic rings. The van der Waals surface area contributed by atoms with Gasteiger partial charge < -0.3 is 16.4 Å². The highest BCUT2D eigenvalue weighted by Crippen LogP contribution is 2.21. The number of fused-ring (bicyclic) bond motifs is 1. The van der Waals surface area contributed by atoms with Crippen molar-refractivity contribution in [2.75, 3.05) is 25.0 Å². The van der Waals surface area contributed by atoms with Crippen molar-refractivity contribution in [3.8, 4) is 0 Å². The Labute approximate surface area is 109 Å². The molecular weight excluding hydrogens is 248 g/mol. The molecule has 0 saturated carbocycles. The highest BCUT2D eigenvalue weighted by molar-refractivity contribution is 7.16. The molecule has 0 radical (unpaired) electrons. The minimum absolute atomic E-state index is 0.00546. The zero-order chi connectivity index (χ0) is 12.8. The van der Waals surface area contributed by atoms with Gasteiger partial charge in [-0.25, -0.2) is 4.98 Å². The molecule has 0 aliphatic heterocycles. The SMILES string of the molecule is NCCNCCC(=O)Nc1ccc2scnc2c1. The Morgan fingerprint density at radius 2 is 2.28 bits per heavy atom. The topological polar surface area (TPSA) is 80.0 Å². The summed E-state index contributed by atoms with van der Waals surface area (Å²) in [6, 6.07) is 5.75. The molecule has 0 unspecified atom stereocenters. The minimum atomic E-state index is -0.00546. The van der Waals surface area contributed by atoms with Crippen molar-refractivity contribution in [2.45, 2.75) is 6.42 Å². The van der Waals surface area contributed by atoms with Gasteiger partial charge in [0.25, 0.3) is 0 Å². The summed E-state index contributed by atoms with van der Waals surface area (Å²) in [5, 5.41) is 5.94. The van der Waals surface area contributed by atoms with E-state index in [0.717, 1.165) is 22.4 Å². The Balaban J connectivity index is 1.86. The average molecular weight is 264 g/mol. The maximum absolute atomic E-state index is 11.6. The Hall–Kier alpha value is -1.50. The van der Waals surface area contributed by atoms with Gasteiger partial charge in [0, 0.05) is 31.7 Å². The molecule has 0 aliphatic rings. The maximum atomic E-state index is 11.6. The van der Waals surface area contributed by atoms with Crippen LogP contribution in [0.25, 0.3) is 10.2 Å². The third-order valence-corrected chi connectivity index (χ3v) is 3.27. The fourth-order valence-electron chi connectivity index (χ4n) is 1.59. The van der Waals surface area contributed by atoms with Crippen molar-refractivity contribution in [3.05, 3.63) is 23.7 Å². The summed E-state index contributed by atoms with van der Waals surface area (Å²) in [7, 11) is 0. The second kappa shape index (κ2) is 6.44. The number of thiazole rings is 1. The van der Waals surface area contributed by atoms with Crippen LogP contribution < -0.4 is 16.4 Å². The summed E-state index contributed by atoms with van der Waals surface area (Å²) < 4.78 is 1.12. The number of nitrogens with one attached hydrogen (secondary N) is 2. The van der Waals surface area contributed by atoms with Gasteiger partial charge in [-0.3, -0.25) is 4.79 Å². The van der Waals surface area contributed by atoms with E-state index in [9.17, 15) is 4.79 Å². The summed E-state index contributed by atoms with van der Waals surface area (Å²) >= 11 is 1.59. The molecule has 1 aromatic carbocycles. The van der Waals surface area contributed by atoms with Gasteiger partial charge in [-0.1, -0.05) is 0 Å². The van der Waals surface area contributed by atoms with E-state index in [4.69, 9.17) is 5.73 Å².